The Labute approximate surface area is 149 Å². The van der Waals surface area contributed by atoms with Gasteiger partial charge in [-0.2, -0.15) is 0 Å². The van der Waals surface area contributed by atoms with Gasteiger partial charge in [0.25, 0.3) is 0 Å². The van der Waals surface area contributed by atoms with Gasteiger partial charge in [0.2, 0.25) is 0 Å². The largest absolute Gasteiger partial charge is 0.387 e. The summed E-state index contributed by atoms with van der Waals surface area (Å²) in [6.07, 6.45) is 6.75. The van der Waals surface area contributed by atoms with E-state index in [2.05, 4.69) is 19.7 Å². The Bertz CT molecular complexity index is 684. The molecule has 4 rings (SSSR count). The fourth-order valence-corrected chi connectivity index (χ4v) is 4.27. The summed E-state index contributed by atoms with van der Waals surface area (Å²) >= 11 is 0. The fraction of sp³-hybridized carbons (Fsp3) is 0.600. The van der Waals surface area contributed by atoms with Crippen molar-refractivity contribution in [1.29, 1.82) is 0 Å². The van der Waals surface area contributed by atoms with Gasteiger partial charge in [0.15, 0.2) is 0 Å². The van der Waals surface area contributed by atoms with E-state index in [9.17, 15) is 5.11 Å². The van der Waals surface area contributed by atoms with Crippen molar-refractivity contribution in [1.82, 2.24) is 19.7 Å². The van der Waals surface area contributed by atoms with Crippen LogP contribution in [0.4, 0.5) is 0 Å². The minimum absolute atomic E-state index is 0.421. The van der Waals surface area contributed by atoms with E-state index in [4.69, 9.17) is 0 Å². The molecule has 5 nitrogen and oxygen atoms in total. The second-order valence-electron chi connectivity index (χ2n) is 7.46. The first kappa shape index (κ1) is 16.7. The molecule has 0 unspecified atom stereocenters. The molecule has 0 spiro atoms. The Balaban J connectivity index is 1.44. The molecule has 1 fully saturated rings. The molecule has 2 aliphatic heterocycles. The van der Waals surface area contributed by atoms with E-state index < -0.39 is 6.10 Å². The van der Waals surface area contributed by atoms with Crippen molar-refractivity contribution in [3.63, 3.8) is 0 Å². The van der Waals surface area contributed by atoms with Crippen molar-refractivity contribution in [2.45, 2.75) is 57.1 Å². The van der Waals surface area contributed by atoms with Gasteiger partial charge in [0.1, 0.15) is 11.6 Å². The van der Waals surface area contributed by atoms with Gasteiger partial charge >= 0.3 is 0 Å². The van der Waals surface area contributed by atoms with Crippen LogP contribution in [0.2, 0.25) is 0 Å². The van der Waals surface area contributed by atoms with E-state index in [0.717, 1.165) is 38.0 Å². The molecule has 25 heavy (non-hydrogen) atoms. The molecule has 1 N–H and O–H groups in total. The van der Waals surface area contributed by atoms with Gasteiger partial charge in [-0.1, -0.05) is 36.8 Å². The quantitative estimate of drug-likeness (QED) is 0.930. The summed E-state index contributed by atoms with van der Waals surface area (Å²) in [5.41, 5.74) is 1.00. The number of aliphatic hydroxyl groups excluding tert-OH is 1. The molecular formula is C20H28N4O. The number of aromatic nitrogens is 3. The molecule has 0 radical (unpaired) electrons. The van der Waals surface area contributed by atoms with Gasteiger partial charge in [-0.25, -0.2) is 0 Å². The average Bonchev–Trinajstić information content (AvgIpc) is 2.91. The number of benzene rings is 1. The summed E-state index contributed by atoms with van der Waals surface area (Å²) in [7, 11) is 0. The van der Waals surface area contributed by atoms with Crippen molar-refractivity contribution in [3.8, 4) is 0 Å². The predicted octanol–water partition coefficient (Wildman–Crippen LogP) is 2.92. The highest BCUT2D eigenvalue weighted by molar-refractivity contribution is 5.17. The van der Waals surface area contributed by atoms with Crippen LogP contribution in [-0.2, 0) is 13.0 Å². The molecule has 0 saturated carbocycles. The van der Waals surface area contributed by atoms with E-state index in [0.29, 0.717) is 12.5 Å². The third-order valence-corrected chi connectivity index (χ3v) is 5.62. The number of piperidine rings is 1. The first-order valence-electron chi connectivity index (χ1n) is 9.68. The molecule has 0 bridgehead atoms. The lowest BCUT2D eigenvalue weighted by atomic mass is 9.96. The highest BCUT2D eigenvalue weighted by Gasteiger charge is 2.28. The number of rotatable bonds is 4. The van der Waals surface area contributed by atoms with Crippen LogP contribution >= 0.6 is 0 Å². The summed E-state index contributed by atoms with van der Waals surface area (Å²) < 4.78 is 2.38. The zero-order chi connectivity index (χ0) is 17.1. The van der Waals surface area contributed by atoms with E-state index in [1.165, 1.54) is 37.3 Å². The summed E-state index contributed by atoms with van der Waals surface area (Å²) in [6, 6.07) is 9.98. The number of β-amino-alcohol motifs (C(OH)–C–C–N with tert-alkyl or cyclic N) is 1. The van der Waals surface area contributed by atoms with E-state index >= 15 is 0 Å². The molecule has 1 aromatic carbocycles. The second kappa shape index (κ2) is 7.67. The number of hydrogen-bond donors (Lipinski definition) is 1. The summed E-state index contributed by atoms with van der Waals surface area (Å²) in [6.45, 7) is 3.80. The number of hydrogen-bond acceptors (Lipinski definition) is 4. The fourth-order valence-electron chi connectivity index (χ4n) is 4.27. The molecule has 2 aliphatic rings. The number of aliphatic hydroxyl groups is 1. The molecule has 134 valence electrons. The first-order valence-corrected chi connectivity index (χ1v) is 9.68. The number of nitrogens with zero attached hydrogens (tertiary/aromatic N) is 4. The third kappa shape index (κ3) is 3.77. The molecule has 0 aliphatic carbocycles. The lowest BCUT2D eigenvalue weighted by Crippen LogP contribution is -2.38. The number of fused-ring (bicyclic) bond motifs is 1. The maximum absolute atomic E-state index is 10.5. The van der Waals surface area contributed by atoms with Gasteiger partial charge in [0, 0.05) is 32.0 Å². The summed E-state index contributed by atoms with van der Waals surface area (Å²) in [5.74, 6) is 2.79. The highest BCUT2D eigenvalue weighted by Crippen LogP contribution is 2.29. The zero-order valence-corrected chi connectivity index (χ0v) is 14.8. The zero-order valence-electron chi connectivity index (χ0n) is 14.8. The van der Waals surface area contributed by atoms with Crippen LogP contribution in [0.1, 0.15) is 61.3 Å². The van der Waals surface area contributed by atoms with Gasteiger partial charge in [0.05, 0.1) is 6.10 Å². The van der Waals surface area contributed by atoms with Gasteiger partial charge in [-0.3, -0.25) is 4.90 Å². The molecule has 1 saturated heterocycles. The topological polar surface area (TPSA) is 54.2 Å². The van der Waals surface area contributed by atoms with Crippen LogP contribution in [0, 0.1) is 0 Å². The van der Waals surface area contributed by atoms with Crippen LogP contribution in [0.5, 0.6) is 0 Å². The Kier molecular flexibility index (Phi) is 5.13. The molecule has 1 aromatic heterocycles. The number of likely N-dealkylation sites (tertiary alicyclic amines) is 1. The second-order valence-corrected chi connectivity index (χ2v) is 7.46. The van der Waals surface area contributed by atoms with Crippen LogP contribution in [-0.4, -0.2) is 44.4 Å². The van der Waals surface area contributed by atoms with E-state index in [1.54, 1.807) is 0 Å². The molecular weight excluding hydrogens is 312 g/mol. The standard InChI is InChI=1S/C20H28N4O/c25-18(16-8-3-1-4-9-16)15-23-12-7-10-17(14-23)20-22-21-19-11-5-2-6-13-24(19)20/h1,3-4,8-9,17-18,25H,2,5-7,10-15H2/t17-,18-/m1/s1. The van der Waals surface area contributed by atoms with E-state index in [-0.39, 0.29) is 0 Å². The van der Waals surface area contributed by atoms with Crippen molar-refractivity contribution >= 4 is 0 Å². The smallest absolute Gasteiger partial charge is 0.137 e. The SMILES string of the molecule is O[C@H](CN1CCC[C@@H](c2nnc3n2CCCCC3)C1)c1ccccc1. The lowest BCUT2D eigenvalue weighted by molar-refractivity contribution is 0.0940. The molecule has 2 aromatic rings. The highest BCUT2D eigenvalue weighted by atomic mass is 16.3. The number of aryl methyl sites for hydroxylation is 1. The Morgan fingerprint density at radius 1 is 1.04 bits per heavy atom. The molecule has 0 amide bonds. The van der Waals surface area contributed by atoms with Crippen molar-refractivity contribution in [2.75, 3.05) is 19.6 Å². The minimum atomic E-state index is -0.421. The normalized spacial score (nSPS) is 23.0. The van der Waals surface area contributed by atoms with Crippen molar-refractivity contribution in [3.05, 3.63) is 47.5 Å². The maximum Gasteiger partial charge on any atom is 0.137 e. The average molecular weight is 340 g/mol. The lowest BCUT2D eigenvalue weighted by Gasteiger charge is -2.33. The third-order valence-electron chi connectivity index (χ3n) is 5.62. The molecule has 2 atom stereocenters. The van der Waals surface area contributed by atoms with Crippen LogP contribution in [0.3, 0.4) is 0 Å². The Morgan fingerprint density at radius 2 is 1.92 bits per heavy atom. The first-order chi connectivity index (χ1) is 12.3. The van der Waals surface area contributed by atoms with E-state index in [1.807, 2.05) is 30.3 Å². The summed E-state index contributed by atoms with van der Waals surface area (Å²) in [4.78, 5) is 2.39. The predicted molar refractivity (Wildman–Crippen MR) is 97.4 cm³/mol. The summed E-state index contributed by atoms with van der Waals surface area (Å²) in [5, 5.41) is 19.6. The Morgan fingerprint density at radius 3 is 2.80 bits per heavy atom. The van der Waals surface area contributed by atoms with Gasteiger partial charge in [-0.15, -0.1) is 10.2 Å². The minimum Gasteiger partial charge on any atom is -0.387 e. The van der Waals surface area contributed by atoms with Crippen LogP contribution < -0.4 is 0 Å². The Hall–Kier alpha value is -1.72. The van der Waals surface area contributed by atoms with Crippen LogP contribution in [0.25, 0.3) is 0 Å². The van der Waals surface area contributed by atoms with Crippen LogP contribution in [0.15, 0.2) is 30.3 Å². The molecule has 5 heteroatoms. The van der Waals surface area contributed by atoms with Gasteiger partial charge < -0.3 is 9.67 Å². The maximum atomic E-state index is 10.5. The molecule has 3 heterocycles. The van der Waals surface area contributed by atoms with Gasteiger partial charge in [-0.05, 0) is 37.8 Å². The van der Waals surface area contributed by atoms with Crippen molar-refractivity contribution in [2.24, 2.45) is 0 Å². The van der Waals surface area contributed by atoms with Crippen molar-refractivity contribution < 1.29 is 5.11 Å². The monoisotopic (exact) mass is 340 g/mol.